The van der Waals surface area contributed by atoms with Gasteiger partial charge in [-0.2, -0.15) is 0 Å². The molecule has 2 aromatic carbocycles. The number of carbonyl (C=O) groups excluding carboxylic acids is 3. The molecule has 1 aliphatic heterocycles. The number of urea groups is 1. The average Bonchev–Trinajstić information content (AvgIpc) is 2.87. The van der Waals surface area contributed by atoms with Crippen LogP contribution in [0, 0.1) is 0 Å². The van der Waals surface area contributed by atoms with Gasteiger partial charge in [-0.3, -0.25) is 14.5 Å². The van der Waals surface area contributed by atoms with Crippen LogP contribution in [0.5, 0.6) is 5.75 Å². The molecule has 0 bridgehead atoms. The molecule has 1 atom stereocenters. The third-order valence-electron chi connectivity index (χ3n) is 4.36. The number of halogens is 1. The third kappa shape index (κ3) is 3.59. The average molecular weight is 388 g/mol. The van der Waals surface area contributed by atoms with Crippen molar-refractivity contribution in [3.05, 3.63) is 59.1 Å². The molecule has 0 unspecified atom stereocenters. The van der Waals surface area contributed by atoms with Crippen LogP contribution in [-0.4, -0.2) is 36.4 Å². The van der Waals surface area contributed by atoms with Gasteiger partial charge in [-0.05, 0) is 30.7 Å². The minimum absolute atomic E-state index is 0.355. The summed E-state index contributed by atoms with van der Waals surface area (Å²) in [7, 11) is 1.46. The molecule has 0 saturated carbocycles. The summed E-state index contributed by atoms with van der Waals surface area (Å²) in [4.78, 5) is 38.4. The lowest BCUT2D eigenvalue weighted by Gasteiger charge is -2.22. The number of hydrogen-bond donors (Lipinski definition) is 2. The summed E-state index contributed by atoms with van der Waals surface area (Å²) >= 11 is 5.94. The number of nitrogens with one attached hydrogen (secondary N) is 2. The molecule has 1 heterocycles. The Morgan fingerprint density at radius 1 is 1.22 bits per heavy atom. The van der Waals surface area contributed by atoms with Crippen molar-refractivity contribution < 1.29 is 19.1 Å². The lowest BCUT2D eigenvalue weighted by atomic mass is 9.92. The monoisotopic (exact) mass is 387 g/mol. The van der Waals surface area contributed by atoms with Crippen molar-refractivity contribution in [3.63, 3.8) is 0 Å². The maximum atomic E-state index is 12.8. The van der Waals surface area contributed by atoms with Crippen LogP contribution in [-0.2, 0) is 15.1 Å². The molecule has 4 amide bonds. The van der Waals surface area contributed by atoms with E-state index in [1.807, 2.05) is 6.07 Å². The van der Waals surface area contributed by atoms with E-state index in [0.717, 1.165) is 4.90 Å². The molecule has 3 rings (SSSR count). The van der Waals surface area contributed by atoms with Gasteiger partial charge in [-0.1, -0.05) is 41.9 Å². The van der Waals surface area contributed by atoms with Gasteiger partial charge in [0.05, 0.1) is 12.8 Å². The van der Waals surface area contributed by atoms with Crippen molar-refractivity contribution in [2.75, 3.05) is 19.0 Å². The van der Waals surface area contributed by atoms with Gasteiger partial charge in [-0.15, -0.1) is 0 Å². The van der Waals surface area contributed by atoms with Crippen LogP contribution >= 0.6 is 11.6 Å². The molecule has 2 aromatic rings. The van der Waals surface area contributed by atoms with E-state index in [2.05, 4.69) is 10.6 Å². The smallest absolute Gasteiger partial charge is 0.325 e. The van der Waals surface area contributed by atoms with Gasteiger partial charge in [0, 0.05) is 5.02 Å². The highest BCUT2D eigenvalue weighted by molar-refractivity contribution is 6.31. The minimum Gasteiger partial charge on any atom is -0.495 e. The fourth-order valence-electron chi connectivity index (χ4n) is 2.92. The van der Waals surface area contributed by atoms with Crippen LogP contribution in [0.2, 0.25) is 5.02 Å². The van der Waals surface area contributed by atoms with Crippen molar-refractivity contribution in [2.24, 2.45) is 0 Å². The molecule has 1 saturated heterocycles. The summed E-state index contributed by atoms with van der Waals surface area (Å²) in [5, 5.41) is 5.69. The summed E-state index contributed by atoms with van der Waals surface area (Å²) in [5.74, 6) is -0.623. The Morgan fingerprint density at radius 3 is 2.59 bits per heavy atom. The van der Waals surface area contributed by atoms with Gasteiger partial charge in [0.15, 0.2) is 0 Å². The van der Waals surface area contributed by atoms with Crippen LogP contribution in [0.25, 0.3) is 0 Å². The Balaban J connectivity index is 1.76. The summed E-state index contributed by atoms with van der Waals surface area (Å²) in [6.07, 6.45) is 0. The third-order valence-corrected chi connectivity index (χ3v) is 4.60. The second-order valence-corrected chi connectivity index (χ2v) is 6.64. The van der Waals surface area contributed by atoms with E-state index in [0.29, 0.717) is 22.0 Å². The quantitative estimate of drug-likeness (QED) is 0.772. The number of hydrogen-bond acceptors (Lipinski definition) is 4. The minimum atomic E-state index is -1.22. The molecule has 2 N–H and O–H groups in total. The van der Waals surface area contributed by atoms with Crippen molar-refractivity contribution >= 4 is 35.1 Å². The van der Waals surface area contributed by atoms with E-state index >= 15 is 0 Å². The molecule has 140 valence electrons. The standard InChI is InChI=1S/C19H18ClN3O4/c1-19(12-6-4-3-5-7-12)17(25)23(18(26)22-19)11-16(24)21-14-10-13(20)8-9-15(14)27-2/h3-10H,11H2,1-2H3,(H,21,24)(H,22,26)/t19-/m1/s1. The van der Waals surface area contributed by atoms with Crippen molar-refractivity contribution in [1.29, 1.82) is 0 Å². The molecule has 1 fully saturated rings. The van der Waals surface area contributed by atoms with Gasteiger partial charge in [0.1, 0.15) is 17.8 Å². The number of carbonyl (C=O) groups is 3. The van der Waals surface area contributed by atoms with Gasteiger partial charge in [0.25, 0.3) is 5.91 Å². The Labute approximate surface area is 161 Å². The fourth-order valence-corrected chi connectivity index (χ4v) is 3.09. The highest BCUT2D eigenvalue weighted by Gasteiger charge is 2.49. The zero-order chi connectivity index (χ0) is 19.6. The first-order valence-corrected chi connectivity index (χ1v) is 8.56. The summed E-state index contributed by atoms with van der Waals surface area (Å²) in [6, 6.07) is 13.0. The largest absolute Gasteiger partial charge is 0.495 e. The molecule has 8 heteroatoms. The summed E-state index contributed by atoms with van der Waals surface area (Å²) < 4.78 is 5.17. The second kappa shape index (κ2) is 7.28. The van der Waals surface area contributed by atoms with Crippen molar-refractivity contribution in [3.8, 4) is 5.75 Å². The number of anilines is 1. The normalized spacial score (nSPS) is 19.0. The SMILES string of the molecule is COc1ccc(Cl)cc1NC(=O)CN1C(=O)N[C@](C)(c2ccccc2)C1=O. The van der Waals surface area contributed by atoms with Gasteiger partial charge < -0.3 is 15.4 Å². The first-order chi connectivity index (χ1) is 12.8. The molecular formula is C19H18ClN3O4. The molecule has 0 aromatic heterocycles. The lowest BCUT2D eigenvalue weighted by molar-refractivity contribution is -0.133. The van der Waals surface area contributed by atoms with E-state index in [9.17, 15) is 14.4 Å². The van der Waals surface area contributed by atoms with Gasteiger partial charge in [-0.25, -0.2) is 4.79 Å². The molecule has 27 heavy (non-hydrogen) atoms. The molecule has 1 aliphatic rings. The molecule has 0 aliphatic carbocycles. The van der Waals surface area contributed by atoms with Crippen molar-refractivity contribution in [1.82, 2.24) is 10.2 Å². The first-order valence-electron chi connectivity index (χ1n) is 8.18. The van der Waals surface area contributed by atoms with Gasteiger partial charge in [0.2, 0.25) is 5.91 Å². The highest BCUT2D eigenvalue weighted by atomic mass is 35.5. The Bertz CT molecular complexity index is 903. The Hall–Kier alpha value is -3.06. The predicted octanol–water partition coefficient (Wildman–Crippen LogP) is 2.75. The highest BCUT2D eigenvalue weighted by Crippen LogP contribution is 2.30. The number of benzene rings is 2. The van der Waals surface area contributed by atoms with E-state index in [1.54, 1.807) is 43.3 Å². The number of rotatable bonds is 5. The number of imide groups is 1. The molecular weight excluding hydrogens is 370 g/mol. The second-order valence-electron chi connectivity index (χ2n) is 6.21. The Morgan fingerprint density at radius 2 is 1.93 bits per heavy atom. The zero-order valence-electron chi connectivity index (χ0n) is 14.8. The molecule has 0 radical (unpaired) electrons. The maximum absolute atomic E-state index is 12.8. The zero-order valence-corrected chi connectivity index (χ0v) is 15.5. The van der Waals surface area contributed by atoms with Gasteiger partial charge >= 0.3 is 6.03 Å². The number of nitrogens with zero attached hydrogens (tertiary/aromatic N) is 1. The summed E-state index contributed by atoms with van der Waals surface area (Å²) in [6.45, 7) is 1.18. The predicted molar refractivity (Wildman–Crippen MR) is 101 cm³/mol. The fraction of sp³-hybridized carbons (Fsp3) is 0.211. The van der Waals surface area contributed by atoms with E-state index in [-0.39, 0.29) is 0 Å². The molecule has 7 nitrogen and oxygen atoms in total. The number of ether oxygens (including phenoxy) is 1. The van der Waals surface area contributed by atoms with Crippen molar-refractivity contribution in [2.45, 2.75) is 12.5 Å². The van der Waals surface area contributed by atoms with Crippen LogP contribution in [0.1, 0.15) is 12.5 Å². The topological polar surface area (TPSA) is 87.7 Å². The van der Waals surface area contributed by atoms with E-state index < -0.39 is 29.9 Å². The summed E-state index contributed by atoms with van der Waals surface area (Å²) in [5.41, 5.74) is -0.220. The number of methoxy groups -OCH3 is 1. The Kier molecular flexibility index (Phi) is 5.05. The lowest BCUT2D eigenvalue weighted by Crippen LogP contribution is -2.42. The van der Waals surface area contributed by atoms with Crippen LogP contribution in [0.3, 0.4) is 0 Å². The van der Waals surface area contributed by atoms with Crippen LogP contribution in [0.15, 0.2) is 48.5 Å². The number of amides is 4. The van der Waals surface area contributed by atoms with Crippen LogP contribution < -0.4 is 15.4 Å². The van der Waals surface area contributed by atoms with E-state index in [1.165, 1.54) is 13.2 Å². The molecule has 0 spiro atoms. The first kappa shape index (κ1) is 18.7. The van der Waals surface area contributed by atoms with E-state index in [4.69, 9.17) is 16.3 Å². The van der Waals surface area contributed by atoms with Crippen LogP contribution in [0.4, 0.5) is 10.5 Å². The maximum Gasteiger partial charge on any atom is 0.325 e.